The number of aliphatic hydroxyl groups excluding tert-OH is 2. The molecule has 0 aliphatic heterocycles. The van der Waals surface area contributed by atoms with Gasteiger partial charge < -0.3 is 10.2 Å². The van der Waals surface area contributed by atoms with E-state index in [0.29, 0.717) is 11.8 Å². The minimum atomic E-state index is -0.425. The van der Waals surface area contributed by atoms with Crippen LogP contribution in [0.15, 0.2) is 35.3 Å². The van der Waals surface area contributed by atoms with Gasteiger partial charge in [0.1, 0.15) is 0 Å². The molecule has 0 spiro atoms. The molecule has 2 rings (SSSR count). The Labute approximate surface area is 152 Å². The molecule has 1 heterocycles. The molecule has 0 aromatic carbocycles. The Balaban J connectivity index is 1.89. The smallest absolute Gasteiger partial charge is 0.0724 e. The molecule has 1 aromatic rings. The summed E-state index contributed by atoms with van der Waals surface area (Å²) in [5.41, 5.74) is 0. The van der Waals surface area contributed by atoms with E-state index in [-0.39, 0.29) is 12.0 Å². The predicted molar refractivity (Wildman–Crippen MR) is 102 cm³/mol. The highest BCUT2D eigenvalue weighted by Crippen LogP contribution is 2.40. The molecule has 4 heteroatoms. The molecule has 5 atom stereocenters. The van der Waals surface area contributed by atoms with E-state index in [9.17, 15) is 10.2 Å². The van der Waals surface area contributed by atoms with Crippen LogP contribution < -0.4 is 0 Å². The van der Waals surface area contributed by atoms with E-state index in [0.717, 1.165) is 30.2 Å². The molecule has 1 saturated carbocycles. The number of aliphatic hydroxyl groups is 2. The van der Waals surface area contributed by atoms with Crippen LogP contribution in [0.25, 0.3) is 0 Å². The highest BCUT2D eigenvalue weighted by molar-refractivity contribution is 9.10. The third kappa shape index (κ3) is 5.02. The van der Waals surface area contributed by atoms with Crippen molar-refractivity contribution in [2.24, 2.45) is 17.8 Å². The molecule has 0 saturated heterocycles. The molecular weight excluding hydrogens is 372 g/mol. The third-order valence-corrected chi connectivity index (χ3v) is 7.04. The lowest BCUT2D eigenvalue weighted by atomic mass is 9.87. The van der Waals surface area contributed by atoms with Crippen molar-refractivity contribution in [2.75, 3.05) is 0 Å². The summed E-state index contributed by atoms with van der Waals surface area (Å²) in [7, 11) is 0. The summed E-state index contributed by atoms with van der Waals surface area (Å²) in [4.78, 5) is 2.59. The molecule has 1 fully saturated rings. The first kappa shape index (κ1) is 18.9. The van der Waals surface area contributed by atoms with E-state index in [1.54, 1.807) is 11.3 Å². The van der Waals surface area contributed by atoms with Gasteiger partial charge in [-0.2, -0.15) is 0 Å². The second-order valence-corrected chi connectivity index (χ2v) is 8.85. The average Bonchev–Trinajstić information content (AvgIpc) is 2.95. The second kappa shape index (κ2) is 8.61. The molecule has 1 aromatic heterocycles. The van der Waals surface area contributed by atoms with Crippen molar-refractivity contribution in [3.63, 3.8) is 0 Å². The topological polar surface area (TPSA) is 40.5 Å². The van der Waals surface area contributed by atoms with Crippen molar-refractivity contribution in [1.82, 2.24) is 0 Å². The maximum atomic E-state index is 10.2. The molecule has 23 heavy (non-hydrogen) atoms. The monoisotopic (exact) mass is 398 g/mol. The van der Waals surface area contributed by atoms with Gasteiger partial charge in [-0.1, -0.05) is 25.2 Å². The van der Waals surface area contributed by atoms with Gasteiger partial charge in [0.25, 0.3) is 0 Å². The number of allylic oxidation sites excluding steroid dienone is 2. The van der Waals surface area contributed by atoms with Crippen molar-refractivity contribution in [1.29, 1.82) is 0 Å². The molecule has 0 amide bonds. The van der Waals surface area contributed by atoms with Crippen LogP contribution in [0.1, 0.15) is 35.9 Å². The fourth-order valence-electron chi connectivity index (χ4n) is 3.51. The van der Waals surface area contributed by atoms with E-state index < -0.39 is 6.10 Å². The van der Waals surface area contributed by atoms with Crippen molar-refractivity contribution in [3.05, 3.63) is 45.1 Å². The van der Waals surface area contributed by atoms with Crippen LogP contribution in [-0.4, -0.2) is 22.4 Å². The van der Waals surface area contributed by atoms with Gasteiger partial charge in [-0.05, 0) is 72.4 Å². The Hall–Kier alpha value is -0.420. The zero-order valence-corrected chi connectivity index (χ0v) is 16.3. The van der Waals surface area contributed by atoms with Crippen LogP contribution in [0.5, 0.6) is 0 Å². The first-order valence-corrected chi connectivity index (χ1v) is 9.93. The molecule has 128 valence electrons. The van der Waals surface area contributed by atoms with Gasteiger partial charge in [0.15, 0.2) is 0 Å². The van der Waals surface area contributed by atoms with Gasteiger partial charge in [0.2, 0.25) is 0 Å². The van der Waals surface area contributed by atoms with E-state index in [2.05, 4.69) is 48.5 Å². The van der Waals surface area contributed by atoms with Crippen LogP contribution in [-0.2, 0) is 6.42 Å². The predicted octanol–water partition coefficient (Wildman–Crippen LogP) is 4.88. The van der Waals surface area contributed by atoms with E-state index in [4.69, 9.17) is 0 Å². The lowest BCUT2D eigenvalue weighted by Crippen LogP contribution is -2.18. The van der Waals surface area contributed by atoms with Gasteiger partial charge in [-0.15, -0.1) is 17.9 Å². The lowest BCUT2D eigenvalue weighted by Gasteiger charge is -2.20. The number of hydrogen-bond acceptors (Lipinski definition) is 3. The number of aryl methyl sites for hydroxylation is 2. The molecule has 1 aliphatic carbocycles. The van der Waals surface area contributed by atoms with Gasteiger partial charge in [-0.25, -0.2) is 0 Å². The summed E-state index contributed by atoms with van der Waals surface area (Å²) in [5, 5.41) is 20.4. The molecule has 2 N–H and O–H groups in total. The van der Waals surface area contributed by atoms with Crippen LogP contribution in [0, 0.1) is 24.7 Å². The normalized spacial score (nSPS) is 29.3. The number of thiophene rings is 1. The Bertz CT molecular complexity index is 532. The molecule has 0 bridgehead atoms. The number of rotatable bonds is 7. The molecular formula is C19H27BrO2S. The molecule has 1 aliphatic rings. The SMILES string of the molecule is C=CC[C@H]1C(O)C[C@@H](C)[C@@H]1/C=C/[C@@H](O)CCc1cc(Br)c(C)s1. The van der Waals surface area contributed by atoms with E-state index >= 15 is 0 Å². The van der Waals surface area contributed by atoms with Crippen LogP contribution in [0.3, 0.4) is 0 Å². The van der Waals surface area contributed by atoms with E-state index in [1.165, 1.54) is 9.75 Å². The second-order valence-electron chi connectivity index (χ2n) is 6.65. The van der Waals surface area contributed by atoms with Gasteiger partial charge in [0, 0.05) is 14.2 Å². The van der Waals surface area contributed by atoms with E-state index in [1.807, 2.05) is 12.2 Å². The number of halogens is 1. The third-order valence-electron chi connectivity index (χ3n) is 4.85. The average molecular weight is 399 g/mol. The molecule has 1 unspecified atom stereocenters. The van der Waals surface area contributed by atoms with Gasteiger partial charge in [0.05, 0.1) is 12.2 Å². The summed E-state index contributed by atoms with van der Waals surface area (Å²) < 4.78 is 1.16. The fraction of sp³-hybridized carbons (Fsp3) is 0.579. The number of hydrogen-bond donors (Lipinski definition) is 2. The Morgan fingerprint density at radius 2 is 2.26 bits per heavy atom. The summed E-state index contributed by atoms with van der Waals surface area (Å²) in [6, 6.07) is 2.14. The lowest BCUT2D eigenvalue weighted by molar-refractivity contribution is 0.125. The van der Waals surface area contributed by atoms with Gasteiger partial charge >= 0.3 is 0 Å². The van der Waals surface area contributed by atoms with Gasteiger partial charge in [-0.3, -0.25) is 0 Å². The van der Waals surface area contributed by atoms with Crippen LogP contribution in [0.2, 0.25) is 0 Å². The fourth-order valence-corrected chi connectivity index (χ4v) is 5.13. The zero-order valence-electron chi connectivity index (χ0n) is 13.9. The quantitative estimate of drug-likeness (QED) is 0.642. The molecule has 0 radical (unpaired) electrons. The highest BCUT2D eigenvalue weighted by atomic mass is 79.9. The first-order valence-electron chi connectivity index (χ1n) is 8.32. The molecule has 2 nitrogen and oxygen atoms in total. The summed E-state index contributed by atoms with van der Waals surface area (Å²) in [5.74, 6) is 1.02. The minimum Gasteiger partial charge on any atom is -0.393 e. The Morgan fingerprint density at radius 1 is 1.52 bits per heavy atom. The first-order chi connectivity index (χ1) is 10.9. The maximum Gasteiger partial charge on any atom is 0.0724 e. The van der Waals surface area contributed by atoms with Crippen LogP contribution >= 0.6 is 27.3 Å². The van der Waals surface area contributed by atoms with Crippen molar-refractivity contribution >= 4 is 27.3 Å². The van der Waals surface area contributed by atoms with Crippen molar-refractivity contribution in [2.45, 2.75) is 51.7 Å². The van der Waals surface area contributed by atoms with Crippen LogP contribution in [0.4, 0.5) is 0 Å². The minimum absolute atomic E-state index is 0.238. The zero-order chi connectivity index (χ0) is 17.0. The summed E-state index contributed by atoms with van der Waals surface area (Å²) >= 11 is 5.32. The maximum absolute atomic E-state index is 10.2. The summed E-state index contributed by atoms with van der Waals surface area (Å²) in [6.07, 6.45) is 8.55. The Kier molecular flexibility index (Phi) is 7.08. The van der Waals surface area contributed by atoms with Crippen molar-refractivity contribution in [3.8, 4) is 0 Å². The highest BCUT2D eigenvalue weighted by Gasteiger charge is 2.37. The standard InChI is InChI=1S/C19H27BrO2S/c1-4-5-17-16(12(2)10-19(17)22)9-7-14(21)6-8-15-11-18(20)13(3)23-15/h4,7,9,11-12,14,16-17,19,21-22H,1,5-6,8,10H2,2-3H3/b9-7+/t12-,14+,16+,17-,19?/m1/s1. The summed E-state index contributed by atoms with van der Waals surface area (Å²) in [6.45, 7) is 8.08. The Morgan fingerprint density at radius 3 is 2.87 bits per heavy atom. The van der Waals surface area contributed by atoms with Crippen molar-refractivity contribution < 1.29 is 10.2 Å². The largest absolute Gasteiger partial charge is 0.393 e.